The van der Waals surface area contributed by atoms with Gasteiger partial charge in [0, 0.05) is 30.3 Å². The van der Waals surface area contributed by atoms with Crippen LogP contribution in [0.25, 0.3) is 0 Å². The van der Waals surface area contributed by atoms with Crippen LogP contribution in [0.3, 0.4) is 0 Å². The molecule has 1 saturated heterocycles. The Morgan fingerprint density at radius 1 is 1.55 bits per heavy atom. The Bertz CT molecular complexity index is 510. The van der Waals surface area contributed by atoms with Crippen LogP contribution in [0.2, 0.25) is 0 Å². The van der Waals surface area contributed by atoms with Crippen molar-refractivity contribution < 1.29 is 9.72 Å². The Hall–Kier alpha value is -1.95. The molecule has 0 spiro atoms. The minimum absolute atomic E-state index is 0.00852. The van der Waals surface area contributed by atoms with Crippen LogP contribution in [0.1, 0.15) is 35.2 Å². The minimum atomic E-state index is -0.458. The van der Waals surface area contributed by atoms with Gasteiger partial charge in [-0.15, -0.1) is 0 Å². The maximum atomic E-state index is 12.0. The molecule has 2 rings (SSSR count). The van der Waals surface area contributed by atoms with Gasteiger partial charge in [0.15, 0.2) is 0 Å². The molecule has 1 aliphatic heterocycles. The van der Waals surface area contributed by atoms with E-state index in [1.165, 1.54) is 24.6 Å². The lowest BCUT2D eigenvalue weighted by Crippen LogP contribution is -2.30. The summed E-state index contributed by atoms with van der Waals surface area (Å²) >= 11 is 0. The summed E-state index contributed by atoms with van der Waals surface area (Å²) in [5.41, 5.74) is 1.12. The summed E-state index contributed by atoms with van der Waals surface area (Å²) in [5, 5.41) is 16.9. The van der Waals surface area contributed by atoms with E-state index >= 15 is 0 Å². The van der Waals surface area contributed by atoms with Gasteiger partial charge in [-0.3, -0.25) is 14.9 Å². The highest BCUT2D eigenvalue weighted by atomic mass is 16.6. The molecule has 1 aromatic rings. The largest absolute Gasteiger partial charge is 0.352 e. The number of amides is 1. The van der Waals surface area contributed by atoms with E-state index in [0.717, 1.165) is 19.4 Å². The number of aryl methyl sites for hydroxylation is 1. The van der Waals surface area contributed by atoms with Gasteiger partial charge in [-0.05, 0) is 44.4 Å². The van der Waals surface area contributed by atoms with Crippen molar-refractivity contribution in [3.8, 4) is 0 Å². The fraction of sp³-hybridized carbons (Fsp3) is 0.500. The highest BCUT2D eigenvalue weighted by Crippen LogP contribution is 2.17. The zero-order valence-electron chi connectivity index (χ0n) is 11.5. The second kappa shape index (κ2) is 6.47. The first-order valence-electron chi connectivity index (χ1n) is 6.84. The number of rotatable bonds is 5. The van der Waals surface area contributed by atoms with Gasteiger partial charge in [0.05, 0.1) is 4.92 Å². The molecule has 6 heteroatoms. The molecular weight excluding hydrogens is 258 g/mol. The summed E-state index contributed by atoms with van der Waals surface area (Å²) in [6, 6.07) is 4.79. The maximum absolute atomic E-state index is 12.0. The van der Waals surface area contributed by atoms with Crippen molar-refractivity contribution in [3.63, 3.8) is 0 Å². The molecule has 1 unspecified atom stereocenters. The molecule has 20 heavy (non-hydrogen) atoms. The lowest BCUT2D eigenvalue weighted by molar-refractivity contribution is -0.384. The molecule has 0 aromatic heterocycles. The van der Waals surface area contributed by atoms with Crippen molar-refractivity contribution >= 4 is 11.6 Å². The SMILES string of the molecule is Cc1cc([N+](=O)[O-])ccc1C(=O)NCCC1CCCN1. The molecular formula is C14H19N3O3. The van der Waals surface area contributed by atoms with Gasteiger partial charge in [0.25, 0.3) is 11.6 Å². The molecule has 0 radical (unpaired) electrons. The van der Waals surface area contributed by atoms with Crippen LogP contribution in [0.4, 0.5) is 5.69 Å². The summed E-state index contributed by atoms with van der Waals surface area (Å²) in [7, 11) is 0. The van der Waals surface area contributed by atoms with Crippen LogP contribution >= 0.6 is 0 Å². The molecule has 1 heterocycles. The average Bonchev–Trinajstić information content (AvgIpc) is 2.91. The average molecular weight is 277 g/mol. The van der Waals surface area contributed by atoms with Crippen LogP contribution in [0.15, 0.2) is 18.2 Å². The van der Waals surface area contributed by atoms with Crippen LogP contribution in [0, 0.1) is 17.0 Å². The van der Waals surface area contributed by atoms with Crippen molar-refractivity contribution in [3.05, 3.63) is 39.4 Å². The van der Waals surface area contributed by atoms with Crippen LogP contribution in [-0.2, 0) is 0 Å². The molecule has 1 aromatic carbocycles. The number of carbonyl (C=O) groups is 1. The number of nitrogens with zero attached hydrogens (tertiary/aromatic N) is 1. The second-order valence-corrected chi connectivity index (χ2v) is 5.09. The smallest absolute Gasteiger partial charge is 0.269 e. The van der Waals surface area contributed by atoms with Gasteiger partial charge >= 0.3 is 0 Å². The van der Waals surface area contributed by atoms with Gasteiger partial charge < -0.3 is 10.6 Å². The molecule has 0 aliphatic carbocycles. The van der Waals surface area contributed by atoms with Gasteiger partial charge in [0.1, 0.15) is 0 Å². The summed E-state index contributed by atoms with van der Waals surface area (Å²) in [5.74, 6) is -0.171. The highest BCUT2D eigenvalue weighted by molar-refractivity contribution is 5.95. The number of benzene rings is 1. The first-order valence-corrected chi connectivity index (χ1v) is 6.84. The normalized spacial score (nSPS) is 17.9. The maximum Gasteiger partial charge on any atom is 0.269 e. The topological polar surface area (TPSA) is 84.3 Å². The van der Waals surface area contributed by atoms with Crippen molar-refractivity contribution in [2.75, 3.05) is 13.1 Å². The Morgan fingerprint density at radius 2 is 2.35 bits per heavy atom. The molecule has 1 atom stereocenters. The Morgan fingerprint density at radius 3 is 2.95 bits per heavy atom. The fourth-order valence-corrected chi connectivity index (χ4v) is 2.47. The van der Waals surface area contributed by atoms with E-state index in [4.69, 9.17) is 0 Å². The third-order valence-electron chi connectivity index (χ3n) is 3.61. The number of nitro groups is 1. The molecule has 6 nitrogen and oxygen atoms in total. The van der Waals surface area contributed by atoms with Gasteiger partial charge in [-0.1, -0.05) is 0 Å². The second-order valence-electron chi connectivity index (χ2n) is 5.09. The van der Waals surface area contributed by atoms with Crippen LogP contribution in [-0.4, -0.2) is 30.0 Å². The lowest BCUT2D eigenvalue weighted by Gasteiger charge is -2.11. The van der Waals surface area contributed by atoms with E-state index < -0.39 is 4.92 Å². The molecule has 1 aliphatic rings. The monoisotopic (exact) mass is 277 g/mol. The van der Waals surface area contributed by atoms with Crippen LogP contribution in [0.5, 0.6) is 0 Å². The predicted molar refractivity (Wildman–Crippen MR) is 75.8 cm³/mol. The first kappa shape index (κ1) is 14.5. The van der Waals surface area contributed by atoms with E-state index in [9.17, 15) is 14.9 Å². The van der Waals surface area contributed by atoms with Crippen LogP contribution < -0.4 is 10.6 Å². The molecule has 108 valence electrons. The Balaban J connectivity index is 1.89. The van der Waals surface area contributed by atoms with Crippen molar-refractivity contribution in [2.24, 2.45) is 0 Å². The van der Waals surface area contributed by atoms with E-state index in [2.05, 4.69) is 10.6 Å². The number of non-ortho nitro benzene ring substituents is 1. The van der Waals surface area contributed by atoms with E-state index in [0.29, 0.717) is 23.7 Å². The van der Waals surface area contributed by atoms with Crippen molar-refractivity contribution in [2.45, 2.75) is 32.2 Å². The van der Waals surface area contributed by atoms with Gasteiger partial charge in [0.2, 0.25) is 0 Å². The third kappa shape index (κ3) is 3.54. The molecule has 0 saturated carbocycles. The third-order valence-corrected chi connectivity index (χ3v) is 3.61. The minimum Gasteiger partial charge on any atom is -0.352 e. The quantitative estimate of drug-likeness (QED) is 0.634. The summed E-state index contributed by atoms with van der Waals surface area (Å²) < 4.78 is 0. The summed E-state index contributed by atoms with van der Waals surface area (Å²) in [6.07, 6.45) is 3.27. The van der Waals surface area contributed by atoms with E-state index in [1.807, 2.05) is 0 Å². The Labute approximate surface area is 117 Å². The molecule has 1 amide bonds. The number of nitrogens with one attached hydrogen (secondary N) is 2. The molecule has 1 fully saturated rings. The highest BCUT2D eigenvalue weighted by Gasteiger charge is 2.16. The first-order chi connectivity index (χ1) is 9.58. The number of carbonyl (C=O) groups excluding carboxylic acids is 1. The van der Waals surface area contributed by atoms with Gasteiger partial charge in [-0.2, -0.15) is 0 Å². The van der Waals surface area contributed by atoms with Crippen molar-refractivity contribution in [1.29, 1.82) is 0 Å². The zero-order valence-corrected chi connectivity index (χ0v) is 11.5. The van der Waals surface area contributed by atoms with E-state index in [1.54, 1.807) is 6.92 Å². The zero-order chi connectivity index (χ0) is 14.5. The molecule has 0 bridgehead atoms. The van der Waals surface area contributed by atoms with E-state index in [-0.39, 0.29) is 11.6 Å². The lowest BCUT2D eigenvalue weighted by atomic mass is 10.1. The number of nitro benzene ring substituents is 1. The fourth-order valence-electron chi connectivity index (χ4n) is 2.47. The summed E-state index contributed by atoms with van der Waals surface area (Å²) in [6.45, 7) is 3.38. The predicted octanol–water partition coefficient (Wildman–Crippen LogP) is 1.78. The Kier molecular flexibility index (Phi) is 4.68. The van der Waals surface area contributed by atoms with Crippen molar-refractivity contribution in [1.82, 2.24) is 10.6 Å². The molecule has 2 N–H and O–H groups in total. The summed E-state index contributed by atoms with van der Waals surface area (Å²) in [4.78, 5) is 22.2. The number of hydrogen-bond donors (Lipinski definition) is 2. The number of hydrogen-bond acceptors (Lipinski definition) is 4. The standard InChI is InChI=1S/C14H19N3O3/c1-10-9-12(17(19)20)4-5-13(10)14(18)16-8-6-11-3-2-7-15-11/h4-5,9,11,15H,2-3,6-8H2,1H3,(H,16,18). The van der Waals surface area contributed by atoms with Gasteiger partial charge in [-0.25, -0.2) is 0 Å².